The Bertz CT molecular complexity index is 37.8. The maximum absolute atomic E-state index is 3.76. The highest BCUT2D eigenvalue weighted by Crippen LogP contribution is 2.06. The van der Waals surface area contributed by atoms with E-state index in [1.807, 2.05) is 0 Å². The number of hydrogen-bond acceptors (Lipinski definition) is 1. The smallest absolute Gasteiger partial charge is 0.0788 e. The zero-order valence-electron chi connectivity index (χ0n) is 5.36. The van der Waals surface area contributed by atoms with E-state index in [9.17, 15) is 0 Å². The molecule has 46 valence electrons. The van der Waals surface area contributed by atoms with Crippen LogP contribution >= 0.6 is 0 Å². The van der Waals surface area contributed by atoms with Gasteiger partial charge >= 0.3 is 0 Å². The fourth-order valence-electron chi connectivity index (χ4n) is 0. The lowest BCUT2D eigenvalue weighted by Gasteiger charge is -2.09. The second-order valence-electron chi connectivity index (χ2n) is 2.81. The van der Waals surface area contributed by atoms with Gasteiger partial charge in [-0.3, -0.25) is 0 Å². The monoisotopic (exact) mass is 105 g/mol. The van der Waals surface area contributed by atoms with Crippen LogP contribution in [0, 0.1) is 5.41 Å². The molecule has 0 atom stereocenters. The summed E-state index contributed by atoms with van der Waals surface area (Å²) in [6, 6.07) is 0. The summed E-state index contributed by atoms with van der Waals surface area (Å²) in [4.78, 5) is 0. The van der Waals surface area contributed by atoms with Crippen LogP contribution in [0.3, 0.4) is 0 Å². The summed E-state index contributed by atoms with van der Waals surface area (Å²) < 4.78 is 0. The fourth-order valence-corrected chi connectivity index (χ4v) is 0. The average molecular weight is 105 g/mol. The normalized spacial score (nSPS) is 10.3. The van der Waals surface area contributed by atoms with Crippen LogP contribution in [0.5, 0.6) is 0 Å². The molecule has 0 aromatic rings. The van der Waals surface area contributed by atoms with Gasteiger partial charge in [-0.25, -0.2) is 0 Å². The van der Waals surface area contributed by atoms with Crippen molar-refractivity contribution in [3.05, 3.63) is 0 Å². The third-order valence-electron chi connectivity index (χ3n) is 0.750. The van der Waals surface area contributed by atoms with Gasteiger partial charge in [-0.15, -0.1) is 0 Å². The van der Waals surface area contributed by atoms with E-state index in [1.165, 1.54) is 0 Å². The van der Waals surface area contributed by atoms with E-state index in [0.717, 1.165) is 6.54 Å². The van der Waals surface area contributed by atoms with Gasteiger partial charge in [-0.05, 0) is 0 Å². The summed E-state index contributed by atoms with van der Waals surface area (Å²) >= 11 is 0. The van der Waals surface area contributed by atoms with Gasteiger partial charge in [0, 0.05) is 5.41 Å². The standard InChI is InChI=1S/C5H13N.H2O/c1-5(2,3)4-6;/h4,6H2,1-3H3;1H2. The third kappa shape index (κ3) is 10.7. The molecule has 2 heteroatoms. The fraction of sp³-hybridized carbons (Fsp3) is 1.00. The Hall–Kier alpha value is -0.0800. The lowest BCUT2D eigenvalue weighted by atomic mass is 9.98. The van der Waals surface area contributed by atoms with Gasteiger partial charge in [0.15, 0.2) is 0 Å². The number of hydrogen-bond donors (Lipinski definition) is 1. The van der Waals surface area contributed by atoms with E-state index in [-0.39, 0.29) is 5.48 Å². The quantitative estimate of drug-likeness (QED) is 0.466. The zero-order valence-corrected chi connectivity index (χ0v) is 5.36. The van der Waals surface area contributed by atoms with Gasteiger partial charge in [-0.1, -0.05) is 20.8 Å². The first kappa shape index (κ1) is 10.0. The van der Waals surface area contributed by atoms with E-state index in [2.05, 4.69) is 26.5 Å². The Kier molecular flexibility index (Phi) is 4.28. The first-order valence-corrected chi connectivity index (χ1v) is 2.35. The van der Waals surface area contributed by atoms with E-state index in [0.29, 0.717) is 5.41 Å². The lowest BCUT2D eigenvalue weighted by Crippen LogP contribution is -2.55. The van der Waals surface area contributed by atoms with Gasteiger partial charge in [0.1, 0.15) is 0 Å². The van der Waals surface area contributed by atoms with Crippen molar-refractivity contribution in [2.45, 2.75) is 20.8 Å². The predicted molar refractivity (Wildman–Crippen MR) is 29.1 cm³/mol. The van der Waals surface area contributed by atoms with E-state index in [4.69, 9.17) is 0 Å². The molecular weight excluding hydrogens is 90.1 g/mol. The molecule has 0 aromatic heterocycles. The molecular formula is C5H15NO. The van der Waals surface area contributed by atoms with Crippen molar-refractivity contribution in [2.75, 3.05) is 6.54 Å². The first-order valence-electron chi connectivity index (χ1n) is 2.35. The molecule has 0 fully saturated rings. The zero-order chi connectivity index (χ0) is 5.21. The van der Waals surface area contributed by atoms with Crippen molar-refractivity contribution < 1.29 is 11.2 Å². The highest BCUT2D eigenvalue weighted by molar-refractivity contribution is 4.54. The van der Waals surface area contributed by atoms with Gasteiger partial charge in [0.25, 0.3) is 0 Å². The van der Waals surface area contributed by atoms with E-state index >= 15 is 0 Å². The van der Waals surface area contributed by atoms with Crippen LogP contribution in [0.1, 0.15) is 20.8 Å². The second kappa shape index (κ2) is 2.99. The molecule has 0 unspecified atom stereocenters. The number of quaternary nitrogens is 1. The molecule has 0 spiro atoms. The van der Waals surface area contributed by atoms with Gasteiger partial charge < -0.3 is 11.2 Å². The molecule has 0 aliphatic rings. The molecule has 0 aliphatic carbocycles. The van der Waals surface area contributed by atoms with Crippen LogP contribution in [0.4, 0.5) is 0 Å². The van der Waals surface area contributed by atoms with Crippen molar-refractivity contribution in [3.63, 3.8) is 0 Å². The summed E-state index contributed by atoms with van der Waals surface area (Å²) in [5.74, 6) is 0. The summed E-state index contributed by atoms with van der Waals surface area (Å²) in [5.41, 5.74) is 4.19. The molecule has 0 amide bonds. The lowest BCUT2D eigenvalue weighted by molar-refractivity contribution is -0.387. The summed E-state index contributed by atoms with van der Waals surface area (Å²) in [5, 5.41) is 0. The minimum atomic E-state index is 0. The summed E-state index contributed by atoms with van der Waals surface area (Å²) in [6.07, 6.45) is 0. The van der Waals surface area contributed by atoms with E-state index < -0.39 is 0 Å². The Balaban J connectivity index is 0. The number of rotatable bonds is 0. The van der Waals surface area contributed by atoms with Crippen molar-refractivity contribution >= 4 is 0 Å². The Labute approximate surface area is 45.0 Å². The van der Waals surface area contributed by atoms with Crippen LogP contribution in [0.2, 0.25) is 0 Å². The molecule has 0 aromatic carbocycles. The molecule has 0 heterocycles. The van der Waals surface area contributed by atoms with Crippen molar-refractivity contribution in [2.24, 2.45) is 5.41 Å². The molecule has 0 saturated carbocycles. The minimum Gasteiger partial charge on any atom is -0.870 e. The Morgan fingerprint density at radius 3 is 1.43 bits per heavy atom. The molecule has 0 bridgehead atoms. The predicted octanol–water partition coefficient (Wildman–Crippen LogP) is 0.0976. The highest BCUT2D eigenvalue weighted by atomic mass is 16.0. The van der Waals surface area contributed by atoms with Crippen LogP contribution in [0.15, 0.2) is 0 Å². The van der Waals surface area contributed by atoms with Crippen molar-refractivity contribution in [1.82, 2.24) is 0 Å². The molecule has 4 N–H and O–H groups in total. The SMILES string of the molecule is CC(C)(C)C[NH3+].[OH-]. The van der Waals surface area contributed by atoms with Crippen molar-refractivity contribution in [3.8, 4) is 0 Å². The minimum absolute atomic E-state index is 0. The molecule has 0 saturated heterocycles. The Morgan fingerprint density at radius 1 is 1.29 bits per heavy atom. The van der Waals surface area contributed by atoms with Crippen LogP contribution in [0.25, 0.3) is 0 Å². The largest absolute Gasteiger partial charge is 0.870 e. The summed E-state index contributed by atoms with van der Waals surface area (Å²) in [6.45, 7) is 7.56. The average Bonchev–Trinajstić information content (AvgIpc) is 1.35. The van der Waals surface area contributed by atoms with Gasteiger partial charge in [0.05, 0.1) is 6.54 Å². The molecule has 2 nitrogen and oxygen atoms in total. The van der Waals surface area contributed by atoms with Crippen LogP contribution in [-0.2, 0) is 0 Å². The van der Waals surface area contributed by atoms with Gasteiger partial charge in [-0.2, -0.15) is 0 Å². The Morgan fingerprint density at radius 2 is 1.43 bits per heavy atom. The van der Waals surface area contributed by atoms with E-state index in [1.54, 1.807) is 0 Å². The van der Waals surface area contributed by atoms with Gasteiger partial charge in [0.2, 0.25) is 0 Å². The maximum atomic E-state index is 3.76. The first-order chi connectivity index (χ1) is 2.56. The van der Waals surface area contributed by atoms with Crippen LogP contribution < -0.4 is 5.73 Å². The summed E-state index contributed by atoms with van der Waals surface area (Å²) in [7, 11) is 0. The second-order valence-corrected chi connectivity index (χ2v) is 2.81. The third-order valence-corrected chi connectivity index (χ3v) is 0.750. The van der Waals surface area contributed by atoms with Crippen LogP contribution in [-0.4, -0.2) is 12.0 Å². The highest BCUT2D eigenvalue weighted by Gasteiger charge is 2.07. The maximum Gasteiger partial charge on any atom is 0.0788 e. The molecule has 0 radical (unpaired) electrons. The van der Waals surface area contributed by atoms with Crippen molar-refractivity contribution in [1.29, 1.82) is 0 Å². The molecule has 7 heavy (non-hydrogen) atoms. The molecule has 0 aliphatic heterocycles. The molecule has 0 rings (SSSR count). The topological polar surface area (TPSA) is 57.6 Å².